The normalized spacial score (nSPS) is 19.2. The van der Waals surface area contributed by atoms with Crippen LogP contribution in [0.25, 0.3) is 11.0 Å². The predicted octanol–water partition coefficient (Wildman–Crippen LogP) is 3.94. The molecule has 0 amide bonds. The van der Waals surface area contributed by atoms with Gasteiger partial charge in [-0.25, -0.2) is 15.0 Å². The molecule has 3 aromatic heterocycles. The van der Waals surface area contributed by atoms with Crippen LogP contribution in [0.15, 0.2) is 65.8 Å². The van der Waals surface area contributed by atoms with E-state index in [4.69, 9.17) is 11.6 Å². The number of hydrogen-bond donors (Lipinski definition) is 0. The molecule has 5 rings (SSSR count). The first-order chi connectivity index (χ1) is 17.4. The summed E-state index contributed by atoms with van der Waals surface area (Å²) in [6.45, 7) is 5.74. The van der Waals surface area contributed by atoms with Gasteiger partial charge in [0.15, 0.2) is 0 Å². The summed E-state index contributed by atoms with van der Waals surface area (Å²) >= 11 is 6.18. The van der Waals surface area contributed by atoms with Crippen molar-refractivity contribution in [3.63, 3.8) is 0 Å². The van der Waals surface area contributed by atoms with Gasteiger partial charge < -0.3 is 9.47 Å². The Labute approximate surface area is 214 Å². The molecule has 9 heteroatoms. The van der Waals surface area contributed by atoms with Gasteiger partial charge in [-0.15, -0.1) is 0 Å². The van der Waals surface area contributed by atoms with Crippen molar-refractivity contribution in [2.75, 3.05) is 18.0 Å². The van der Waals surface area contributed by atoms with Gasteiger partial charge in [0.05, 0.1) is 22.9 Å². The van der Waals surface area contributed by atoms with Gasteiger partial charge in [-0.3, -0.25) is 9.69 Å². The molecule has 1 fully saturated rings. The smallest absolute Gasteiger partial charge is 0.252 e. The van der Waals surface area contributed by atoms with Crippen molar-refractivity contribution >= 4 is 28.3 Å². The zero-order valence-corrected chi connectivity index (χ0v) is 21.1. The minimum absolute atomic E-state index is 0.0701. The number of hydrogen-bond acceptors (Lipinski definition) is 7. The van der Waals surface area contributed by atoms with Crippen LogP contribution in [0.5, 0.6) is 0 Å². The quantitative estimate of drug-likeness (QED) is 0.420. The third kappa shape index (κ3) is 4.32. The SMILES string of the molecule is CC1CN(c2cc(=O)n(C)c3ccc(C#N)nc23)[C@@H](C)CN1C(c1ccc(Cl)cc1)c1ccncn1. The van der Waals surface area contributed by atoms with Crippen LogP contribution in [0.4, 0.5) is 5.69 Å². The Morgan fingerprint density at radius 3 is 2.56 bits per heavy atom. The molecule has 36 heavy (non-hydrogen) atoms. The van der Waals surface area contributed by atoms with E-state index in [-0.39, 0.29) is 23.7 Å². The van der Waals surface area contributed by atoms with Crippen molar-refractivity contribution in [2.45, 2.75) is 32.0 Å². The first-order valence-electron chi connectivity index (χ1n) is 11.8. The zero-order chi connectivity index (χ0) is 25.4. The molecule has 4 aromatic rings. The molecule has 0 aliphatic carbocycles. The maximum atomic E-state index is 12.8. The monoisotopic (exact) mass is 499 g/mol. The summed E-state index contributed by atoms with van der Waals surface area (Å²) < 4.78 is 1.57. The Balaban J connectivity index is 1.55. The maximum absolute atomic E-state index is 12.8. The van der Waals surface area contributed by atoms with E-state index in [1.165, 1.54) is 0 Å². The number of pyridine rings is 2. The molecule has 0 spiro atoms. The number of fused-ring (bicyclic) bond motifs is 1. The number of rotatable bonds is 4. The molecule has 1 aliphatic rings. The first-order valence-corrected chi connectivity index (χ1v) is 12.2. The molecule has 3 atom stereocenters. The fraction of sp³-hybridized carbons (Fsp3) is 0.296. The molecule has 0 radical (unpaired) electrons. The highest BCUT2D eigenvalue weighted by Crippen LogP contribution is 2.35. The van der Waals surface area contributed by atoms with Gasteiger partial charge in [0.1, 0.15) is 23.6 Å². The lowest BCUT2D eigenvalue weighted by Crippen LogP contribution is -2.57. The molecule has 1 aliphatic heterocycles. The van der Waals surface area contributed by atoms with Crippen molar-refractivity contribution in [2.24, 2.45) is 7.05 Å². The van der Waals surface area contributed by atoms with E-state index < -0.39 is 0 Å². The van der Waals surface area contributed by atoms with Crippen molar-refractivity contribution in [3.05, 3.63) is 93.4 Å². The fourth-order valence-electron chi connectivity index (χ4n) is 5.08. The second kappa shape index (κ2) is 9.69. The first kappa shape index (κ1) is 23.9. The van der Waals surface area contributed by atoms with Crippen LogP contribution >= 0.6 is 11.6 Å². The van der Waals surface area contributed by atoms with E-state index in [9.17, 15) is 10.1 Å². The van der Waals surface area contributed by atoms with Gasteiger partial charge >= 0.3 is 0 Å². The van der Waals surface area contributed by atoms with Crippen molar-refractivity contribution in [1.82, 2.24) is 24.4 Å². The van der Waals surface area contributed by atoms with Gasteiger partial charge in [0.25, 0.3) is 5.56 Å². The molecule has 1 saturated heterocycles. The molecule has 0 saturated carbocycles. The van der Waals surface area contributed by atoms with Gasteiger partial charge in [-0.05, 0) is 49.7 Å². The Morgan fingerprint density at radius 1 is 1.08 bits per heavy atom. The average molecular weight is 500 g/mol. The summed E-state index contributed by atoms with van der Waals surface area (Å²) in [5.41, 5.74) is 4.37. The Bertz CT molecular complexity index is 1500. The van der Waals surface area contributed by atoms with Crippen LogP contribution in [0, 0.1) is 11.3 Å². The second-order valence-corrected chi connectivity index (χ2v) is 9.67. The molecule has 8 nitrogen and oxygen atoms in total. The molecule has 1 aromatic carbocycles. The van der Waals surface area contributed by atoms with Crippen LogP contribution in [-0.2, 0) is 7.05 Å². The lowest BCUT2D eigenvalue weighted by atomic mass is 9.96. The summed E-state index contributed by atoms with van der Waals surface area (Å²) in [5.74, 6) is 0. The third-order valence-corrected chi connectivity index (χ3v) is 7.18. The molecule has 2 unspecified atom stereocenters. The van der Waals surface area contributed by atoms with Crippen molar-refractivity contribution in [3.8, 4) is 6.07 Å². The molecular formula is C27H26ClN7O. The summed E-state index contributed by atoms with van der Waals surface area (Å²) in [6.07, 6.45) is 3.34. The Kier molecular flexibility index (Phi) is 6.44. The highest BCUT2D eigenvalue weighted by Gasteiger charge is 2.36. The minimum Gasteiger partial charge on any atom is -0.364 e. The molecular weight excluding hydrogens is 474 g/mol. The number of benzene rings is 1. The third-order valence-electron chi connectivity index (χ3n) is 6.93. The number of nitriles is 1. The van der Waals surface area contributed by atoms with Crippen LogP contribution in [0.3, 0.4) is 0 Å². The molecule has 0 bridgehead atoms. The van der Waals surface area contributed by atoms with E-state index in [1.807, 2.05) is 30.3 Å². The molecule has 0 N–H and O–H groups in total. The van der Waals surface area contributed by atoms with Crippen LogP contribution in [0.1, 0.15) is 36.8 Å². The number of halogens is 1. The van der Waals surface area contributed by atoms with Crippen LogP contribution < -0.4 is 10.5 Å². The van der Waals surface area contributed by atoms with E-state index >= 15 is 0 Å². The largest absolute Gasteiger partial charge is 0.364 e. The Morgan fingerprint density at radius 2 is 1.86 bits per heavy atom. The number of aromatic nitrogens is 4. The van der Waals surface area contributed by atoms with Gasteiger partial charge in [0, 0.05) is 49.5 Å². The van der Waals surface area contributed by atoms with E-state index in [0.717, 1.165) is 23.5 Å². The average Bonchev–Trinajstić information content (AvgIpc) is 2.89. The van der Waals surface area contributed by atoms with E-state index in [0.29, 0.717) is 28.3 Å². The summed E-state index contributed by atoms with van der Waals surface area (Å²) in [7, 11) is 1.73. The summed E-state index contributed by atoms with van der Waals surface area (Å²) in [5, 5.41) is 10.1. The summed E-state index contributed by atoms with van der Waals surface area (Å²) in [6, 6.07) is 17.1. The number of anilines is 1. The predicted molar refractivity (Wildman–Crippen MR) is 140 cm³/mol. The molecule has 182 valence electrons. The standard InChI is InChI=1S/C27H26ClN7O/c1-17-15-35(27(22-10-11-30-16-31-22)19-4-6-20(28)7-5-19)18(2)14-34(17)24-12-25(36)33(3)23-9-8-21(13-29)32-26(23)24/h4-12,16-18,27H,14-15H2,1-3H3/t17-,18?,27?/m0/s1. The lowest BCUT2D eigenvalue weighted by Gasteiger charge is -2.48. The number of aryl methyl sites for hydroxylation is 1. The van der Waals surface area contributed by atoms with Crippen molar-refractivity contribution in [1.29, 1.82) is 5.26 Å². The van der Waals surface area contributed by atoms with Crippen LogP contribution in [0.2, 0.25) is 5.02 Å². The van der Waals surface area contributed by atoms with E-state index in [2.05, 4.69) is 44.7 Å². The minimum atomic E-state index is -0.105. The highest BCUT2D eigenvalue weighted by atomic mass is 35.5. The van der Waals surface area contributed by atoms with Gasteiger partial charge in [0.2, 0.25) is 0 Å². The van der Waals surface area contributed by atoms with Gasteiger partial charge in [-0.2, -0.15) is 5.26 Å². The van der Waals surface area contributed by atoms with Gasteiger partial charge in [-0.1, -0.05) is 23.7 Å². The van der Waals surface area contributed by atoms with E-state index in [1.54, 1.807) is 42.3 Å². The number of nitrogens with zero attached hydrogens (tertiary/aromatic N) is 7. The molecule has 4 heterocycles. The topological polar surface area (TPSA) is 90.9 Å². The maximum Gasteiger partial charge on any atom is 0.252 e. The van der Waals surface area contributed by atoms with Crippen LogP contribution in [-0.4, -0.2) is 49.6 Å². The fourth-order valence-corrected chi connectivity index (χ4v) is 5.21. The lowest BCUT2D eigenvalue weighted by molar-refractivity contribution is 0.128. The zero-order valence-electron chi connectivity index (χ0n) is 20.3. The number of piperazine rings is 1. The highest BCUT2D eigenvalue weighted by molar-refractivity contribution is 6.30. The van der Waals surface area contributed by atoms with Crippen molar-refractivity contribution < 1.29 is 0 Å². The Hall–Kier alpha value is -3.80. The second-order valence-electron chi connectivity index (χ2n) is 9.24. The summed E-state index contributed by atoms with van der Waals surface area (Å²) in [4.78, 5) is 30.8.